The van der Waals surface area contributed by atoms with Gasteiger partial charge in [0.1, 0.15) is 11.8 Å². The van der Waals surface area contributed by atoms with Crippen molar-refractivity contribution in [2.24, 2.45) is 0 Å². The summed E-state index contributed by atoms with van der Waals surface area (Å²) in [5.41, 5.74) is 2.81. The number of aromatic nitrogens is 3. The highest BCUT2D eigenvalue weighted by Crippen LogP contribution is 2.33. The SMILES string of the molecule is COc1ccc(C)cc1-c1csc(NC(=O)C(C)n2cccn2)n1. The zero-order valence-corrected chi connectivity index (χ0v) is 14.5. The number of benzene rings is 1. The number of thiazole rings is 1. The largest absolute Gasteiger partial charge is 0.496 e. The molecule has 1 amide bonds. The Balaban J connectivity index is 1.79. The van der Waals surface area contributed by atoms with Crippen LogP contribution >= 0.6 is 11.3 Å². The fourth-order valence-electron chi connectivity index (χ4n) is 2.32. The molecule has 1 N–H and O–H groups in total. The predicted molar refractivity (Wildman–Crippen MR) is 94.4 cm³/mol. The maximum absolute atomic E-state index is 12.3. The van der Waals surface area contributed by atoms with E-state index in [2.05, 4.69) is 15.4 Å². The van der Waals surface area contributed by atoms with Crippen molar-refractivity contribution in [1.82, 2.24) is 14.8 Å². The van der Waals surface area contributed by atoms with Gasteiger partial charge in [-0.05, 0) is 32.0 Å². The monoisotopic (exact) mass is 342 g/mol. The van der Waals surface area contributed by atoms with Crippen molar-refractivity contribution in [1.29, 1.82) is 0 Å². The molecule has 1 aromatic carbocycles. The number of nitrogens with zero attached hydrogens (tertiary/aromatic N) is 3. The van der Waals surface area contributed by atoms with Gasteiger partial charge < -0.3 is 10.1 Å². The molecule has 24 heavy (non-hydrogen) atoms. The van der Waals surface area contributed by atoms with E-state index in [1.807, 2.05) is 30.5 Å². The van der Waals surface area contributed by atoms with Crippen LogP contribution in [0.2, 0.25) is 0 Å². The van der Waals surface area contributed by atoms with Crippen LogP contribution in [0.15, 0.2) is 42.0 Å². The van der Waals surface area contributed by atoms with Crippen molar-refractivity contribution in [3.8, 4) is 17.0 Å². The Kier molecular flexibility index (Phi) is 4.61. The molecule has 0 aliphatic rings. The van der Waals surface area contributed by atoms with Crippen LogP contribution < -0.4 is 10.1 Å². The van der Waals surface area contributed by atoms with E-state index >= 15 is 0 Å². The first-order valence-corrected chi connectivity index (χ1v) is 8.37. The van der Waals surface area contributed by atoms with Gasteiger partial charge in [-0.3, -0.25) is 9.48 Å². The lowest BCUT2D eigenvalue weighted by Gasteiger charge is -2.10. The maximum atomic E-state index is 12.3. The van der Waals surface area contributed by atoms with Crippen molar-refractivity contribution in [3.63, 3.8) is 0 Å². The molecule has 0 saturated heterocycles. The molecule has 1 unspecified atom stereocenters. The minimum atomic E-state index is -0.402. The van der Waals surface area contributed by atoms with E-state index in [1.165, 1.54) is 11.3 Å². The van der Waals surface area contributed by atoms with Crippen LogP contribution in [-0.4, -0.2) is 27.8 Å². The molecule has 0 fully saturated rings. The van der Waals surface area contributed by atoms with E-state index in [1.54, 1.807) is 37.2 Å². The van der Waals surface area contributed by atoms with Crippen LogP contribution in [0.4, 0.5) is 5.13 Å². The summed E-state index contributed by atoms with van der Waals surface area (Å²) in [7, 11) is 1.63. The van der Waals surface area contributed by atoms with Crippen molar-refractivity contribution in [2.45, 2.75) is 19.9 Å². The summed E-state index contributed by atoms with van der Waals surface area (Å²) in [6.07, 6.45) is 3.41. The van der Waals surface area contributed by atoms with Crippen molar-refractivity contribution < 1.29 is 9.53 Å². The highest BCUT2D eigenvalue weighted by Gasteiger charge is 2.17. The second-order valence-electron chi connectivity index (χ2n) is 5.39. The third-order valence-electron chi connectivity index (χ3n) is 3.67. The van der Waals surface area contributed by atoms with Crippen LogP contribution in [0.3, 0.4) is 0 Å². The molecule has 1 atom stereocenters. The van der Waals surface area contributed by atoms with Crippen molar-refractivity contribution >= 4 is 22.4 Å². The molecule has 0 saturated carbocycles. The first-order chi connectivity index (χ1) is 11.6. The fourth-order valence-corrected chi connectivity index (χ4v) is 3.03. The van der Waals surface area contributed by atoms with Crippen molar-refractivity contribution in [2.75, 3.05) is 12.4 Å². The molecule has 0 spiro atoms. The summed E-state index contributed by atoms with van der Waals surface area (Å²) in [5, 5.41) is 9.39. The van der Waals surface area contributed by atoms with E-state index in [-0.39, 0.29) is 5.91 Å². The van der Waals surface area contributed by atoms with E-state index in [0.717, 1.165) is 22.6 Å². The van der Waals surface area contributed by atoms with Crippen LogP contribution in [-0.2, 0) is 4.79 Å². The Morgan fingerprint density at radius 3 is 2.96 bits per heavy atom. The number of amides is 1. The summed E-state index contributed by atoms with van der Waals surface area (Å²) in [6, 6.07) is 7.31. The number of anilines is 1. The van der Waals surface area contributed by atoms with Gasteiger partial charge in [-0.2, -0.15) is 5.10 Å². The van der Waals surface area contributed by atoms with Crippen LogP contribution in [0.5, 0.6) is 5.75 Å². The number of aryl methyl sites for hydroxylation is 1. The van der Waals surface area contributed by atoms with Gasteiger partial charge in [0.2, 0.25) is 0 Å². The van der Waals surface area contributed by atoms with Gasteiger partial charge in [0.05, 0.1) is 12.8 Å². The molecule has 3 aromatic rings. The number of carbonyl (C=O) groups excluding carboxylic acids is 1. The number of methoxy groups -OCH3 is 1. The minimum Gasteiger partial charge on any atom is -0.496 e. The van der Waals surface area contributed by atoms with Gasteiger partial charge in [-0.25, -0.2) is 4.98 Å². The molecule has 2 heterocycles. The smallest absolute Gasteiger partial charge is 0.250 e. The third-order valence-corrected chi connectivity index (χ3v) is 4.42. The number of nitrogens with one attached hydrogen (secondary N) is 1. The normalized spacial score (nSPS) is 12.0. The third kappa shape index (κ3) is 3.30. The van der Waals surface area contributed by atoms with E-state index < -0.39 is 6.04 Å². The van der Waals surface area contributed by atoms with E-state index in [0.29, 0.717) is 5.13 Å². The summed E-state index contributed by atoms with van der Waals surface area (Å²) in [5.74, 6) is 0.601. The Bertz CT molecular complexity index is 842. The number of rotatable bonds is 5. The lowest BCUT2D eigenvalue weighted by molar-refractivity contribution is -0.119. The molecular weight excluding hydrogens is 324 g/mol. The highest BCUT2D eigenvalue weighted by atomic mass is 32.1. The first kappa shape index (κ1) is 16.2. The summed E-state index contributed by atoms with van der Waals surface area (Å²) < 4.78 is 7.00. The molecule has 0 aliphatic carbocycles. The average molecular weight is 342 g/mol. The van der Waals surface area contributed by atoms with Gasteiger partial charge in [-0.15, -0.1) is 11.3 Å². The zero-order chi connectivity index (χ0) is 17.1. The topological polar surface area (TPSA) is 69.0 Å². The second kappa shape index (κ2) is 6.84. The highest BCUT2D eigenvalue weighted by molar-refractivity contribution is 7.14. The summed E-state index contributed by atoms with van der Waals surface area (Å²) in [4.78, 5) is 16.8. The maximum Gasteiger partial charge on any atom is 0.250 e. The lowest BCUT2D eigenvalue weighted by atomic mass is 10.1. The molecular formula is C17H18N4O2S. The van der Waals surface area contributed by atoms with Crippen LogP contribution in [0, 0.1) is 6.92 Å². The van der Waals surface area contributed by atoms with Crippen molar-refractivity contribution in [3.05, 3.63) is 47.6 Å². The van der Waals surface area contributed by atoms with Gasteiger partial charge in [-0.1, -0.05) is 11.6 Å². The molecule has 6 nitrogen and oxygen atoms in total. The number of ether oxygens (including phenoxy) is 1. The summed E-state index contributed by atoms with van der Waals surface area (Å²) >= 11 is 1.38. The van der Waals surface area contributed by atoms with Gasteiger partial charge in [0.25, 0.3) is 5.91 Å². The predicted octanol–water partition coefficient (Wildman–Crippen LogP) is 3.52. The van der Waals surface area contributed by atoms with E-state index in [9.17, 15) is 4.79 Å². The number of carbonyl (C=O) groups is 1. The number of hydrogen-bond donors (Lipinski definition) is 1. The molecule has 0 bridgehead atoms. The van der Waals surface area contributed by atoms with Gasteiger partial charge >= 0.3 is 0 Å². The Labute approximate surface area is 144 Å². The number of hydrogen-bond acceptors (Lipinski definition) is 5. The Morgan fingerprint density at radius 2 is 2.25 bits per heavy atom. The quantitative estimate of drug-likeness (QED) is 0.770. The average Bonchev–Trinajstić information content (AvgIpc) is 3.26. The van der Waals surface area contributed by atoms with E-state index in [4.69, 9.17) is 4.74 Å². The molecule has 7 heteroatoms. The summed E-state index contributed by atoms with van der Waals surface area (Å²) in [6.45, 7) is 3.81. The van der Waals surface area contributed by atoms with Crippen LogP contribution in [0.25, 0.3) is 11.3 Å². The fraction of sp³-hybridized carbons (Fsp3) is 0.235. The molecule has 0 radical (unpaired) electrons. The molecule has 124 valence electrons. The van der Waals surface area contributed by atoms with Gasteiger partial charge in [0, 0.05) is 23.3 Å². The van der Waals surface area contributed by atoms with Crippen LogP contribution in [0.1, 0.15) is 18.5 Å². The molecule has 2 aromatic heterocycles. The standard InChI is InChI=1S/C17H18N4O2S/c1-11-5-6-15(23-3)13(9-11)14-10-24-17(19-14)20-16(22)12(2)21-8-4-7-18-21/h4-10,12H,1-3H3,(H,19,20,22). The second-order valence-corrected chi connectivity index (χ2v) is 6.25. The first-order valence-electron chi connectivity index (χ1n) is 7.49. The Hall–Kier alpha value is -2.67. The Morgan fingerprint density at radius 1 is 1.42 bits per heavy atom. The van der Waals surface area contributed by atoms with Gasteiger partial charge in [0.15, 0.2) is 5.13 Å². The minimum absolute atomic E-state index is 0.157. The molecule has 3 rings (SSSR count). The zero-order valence-electron chi connectivity index (χ0n) is 13.7. The lowest BCUT2D eigenvalue weighted by Crippen LogP contribution is -2.23. The molecule has 0 aliphatic heterocycles.